The Bertz CT molecular complexity index is 607. The van der Waals surface area contributed by atoms with E-state index < -0.39 is 0 Å². The maximum atomic E-state index is 5.77. The fourth-order valence-corrected chi connectivity index (χ4v) is 1.79. The Morgan fingerprint density at radius 2 is 1.70 bits per heavy atom. The Morgan fingerprint density at radius 1 is 1.00 bits per heavy atom. The molecule has 6 nitrogen and oxygen atoms in total. The summed E-state index contributed by atoms with van der Waals surface area (Å²) in [7, 11) is 3.22. The Kier molecular flexibility index (Phi) is 4.02. The Balaban J connectivity index is 2.39. The fourth-order valence-electron chi connectivity index (χ4n) is 1.79. The van der Waals surface area contributed by atoms with E-state index in [2.05, 4.69) is 26.3 Å². The maximum Gasteiger partial charge on any atom is 0.330 e. The lowest BCUT2D eigenvalue weighted by atomic mass is 10.1. The lowest BCUT2D eigenvalue weighted by Gasteiger charge is -2.11. The van der Waals surface area contributed by atoms with Crippen molar-refractivity contribution in [3.63, 3.8) is 0 Å². The van der Waals surface area contributed by atoms with Crippen LogP contribution in [0.3, 0.4) is 0 Å². The van der Waals surface area contributed by atoms with Gasteiger partial charge >= 0.3 is 12.0 Å². The number of rotatable bonds is 4. The Hall–Kier alpha value is -2.37. The number of benzene rings is 1. The van der Waals surface area contributed by atoms with E-state index in [0.717, 1.165) is 22.4 Å². The van der Waals surface area contributed by atoms with E-state index in [9.17, 15) is 0 Å². The molecule has 1 aromatic carbocycles. The van der Waals surface area contributed by atoms with Crippen molar-refractivity contribution < 1.29 is 9.47 Å². The highest BCUT2D eigenvalue weighted by Crippen LogP contribution is 2.27. The fraction of sp³-hybridized carbons (Fsp3) is 0.357. The monoisotopic (exact) mass is 274 g/mol. The lowest BCUT2D eigenvalue weighted by Crippen LogP contribution is -2.04. The second-order valence-electron chi connectivity index (χ2n) is 4.49. The minimum atomic E-state index is 0.203. The summed E-state index contributed by atoms with van der Waals surface area (Å²) in [6.45, 7) is 6.07. The summed E-state index contributed by atoms with van der Waals surface area (Å²) < 4.78 is 10.8. The van der Waals surface area contributed by atoms with Crippen LogP contribution in [0.15, 0.2) is 12.1 Å². The van der Waals surface area contributed by atoms with Crippen molar-refractivity contribution in [3.05, 3.63) is 28.8 Å². The van der Waals surface area contributed by atoms with Crippen LogP contribution in [0, 0.1) is 20.8 Å². The van der Waals surface area contributed by atoms with Gasteiger partial charge in [0.2, 0.25) is 5.95 Å². The molecular formula is C14H18N4O2. The van der Waals surface area contributed by atoms with E-state index >= 15 is 0 Å². The number of anilines is 1. The molecule has 0 spiro atoms. The van der Waals surface area contributed by atoms with Crippen molar-refractivity contribution in [1.29, 1.82) is 0 Å². The second-order valence-corrected chi connectivity index (χ2v) is 4.49. The van der Waals surface area contributed by atoms with Crippen molar-refractivity contribution in [1.82, 2.24) is 15.0 Å². The first-order chi connectivity index (χ1) is 9.53. The summed E-state index contributed by atoms with van der Waals surface area (Å²) in [5, 5.41) is 2.84. The molecule has 0 aliphatic rings. The zero-order chi connectivity index (χ0) is 14.7. The molecule has 1 heterocycles. The van der Waals surface area contributed by atoms with Crippen LogP contribution in [0.5, 0.6) is 17.8 Å². The number of methoxy groups -OCH3 is 1. The summed E-state index contributed by atoms with van der Waals surface area (Å²) in [6.07, 6.45) is 0. The third-order valence-electron chi connectivity index (χ3n) is 2.97. The SMILES string of the molecule is CNc1nc(OC)nc(Oc2cc(C)cc(C)c2C)n1. The summed E-state index contributed by atoms with van der Waals surface area (Å²) in [5.74, 6) is 1.13. The first kappa shape index (κ1) is 14.0. The number of aromatic nitrogens is 3. The van der Waals surface area contributed by atoms with Crippen LogP contribution in [-0.4, -0.2) is 29.1 Å². The highest BCUT2D eigenvalue weighted by Gasteiger charge is 2.11. The third-order valence-corrected chi connectivity index (χ3v) is 2.97. The third kappa shape index (κ3) is 2.96. The van der Waals surface area contributed by atoms with Crippen LogP contribution >= 0.6 is 0 Å². The van der Waals surface area contributed by atoms with E-state index in [4.69, 9.17) is 9.47 Å². The minimum absolute atomic E-state index is 0.203. The first-order valence-corrected chi connectivity index (χ1v) is 6.27. The van der Waals surface area contributed by atoms with Gasteiger partial charge in [0.15, 0.2) is 0 Å². The van der Waals surface area contributed by atoms with Gasteiger partial charge in [-0.2, -0.15) is 9.97 Å². The van der Waals surface area contributed by atoms with Gasteiger partial charge in [-0.05, 0) is 43.5 Å². The van der Waals surface area contributed by atoms with Gasteiger partial charge in [0.25, 0.3) is 0 Å². The highest BCUT2D eigenvalue weighted by atomic mass is 16.5. The number of nitrogens with one attached hydrogen (secondary N) is 1. The summed E-state index contributed by atoms with van der Waals surface area (Å²) >= 11 is 0. The van der Waals surface area contributed by atoms with E-state index in [1.807, 2.05) is 26.8 Å². The van der Waals surface area contributed by atoms with Crippen molar-refractivity contribution in [2.75, 3.05) is 19.5 Å². The molecule has 0 saturated heterocycles. The molecule has 0 saturated carbocycles. The molecule has 0 aliphatic heterocycles. The molecule has 0 aliphatic carbocycles. The Labute approximate surface area is 118 Å². The average molecular weight is 274 g/mol. The molecule has 106 valence electrons. The smallest absolute Gasteiger partial charge is 0.330 e. The largest absolute Gasteiger partial charge is 0.467 e. The molecule has 1 N–H and O–H groups in total. The van der Waals surface area contributed by atoms with Crippen LogP contribution in [0.2, 0.25) is 0 Å². The minimum Gasteiger partial charge on any atom is -0.467 e. The lowest BCUT2D eigenvalue weighted by molar-refractivity contribution is 0.359. The predicted molar refractivity (Wildman–Crippen MR) is 76.7 cm³/mol. The van der Waals surface area contributed by atoms with Gasteiger partial charge in [-0.3, -0.25) is 0 Å². The van der Waals surface area contributed by atoms with Crippen LogP contribution in [0.4, 0.5) is 5.95 Å². The predicted octanol–water partition coefficient (Wildman–Crippen LogP) is 2.64. The van der Waals surface area contributed by atoms with Gasteiger partial charge in [0.1, 0.15) is 5.75 Å². The quantitative estimate of drug-likeness (QED) is 0.924. The molecule has 2 rings (SSSR count). The zero-order valence-corrected chi connectivity index (χ0v) is 12.3. The summed E-state index contributed by atoms with van der Waals surface area (Å²) in [4.78, 5) is 12.3. The molecule has 0 unspecified atom stereocenters. The maximum absolute atomic E-state index is 5.77. The molecule has 2 aromatic rings. The normalized spacial score (nSPS) is 10.2. The van der Waals surface area contributed by atoms with Crippen molar-refractivity contribution >= 4 is 5.95 Å². The van der Waals surface area contributed by atoms with Crippen LogP contribution in [0.25, 0.3) is 0 Å². The van der Waals surface area contributed by atoms with Gasteiger partial charge in [0.05, 0.1) is 7.11 Å². The molecule has 0 atom stereocenters. The summed E-state index contributed by atoms with van der Waals surface area (Å²) in [5.41, 5.74) is 3.34. The summed E-state index contributed by atoms with van der Waals surface area (Å²) in [6, 6.07) is 4.48. The Morgan fingerprint density at radius 3 is 2.35 bits per heavy atom. The molecule has 1 aromatic heterocycles. The van der Waals surface area contributed by atoms with Gasteiger partial charge in [-0.25, -0.2) is 0 Å². The van der Waals surface area contributed by atoms with Crippen LogP contribution < -0.4 is 14.8 Å². The molecule has 0 radical (unpaired) electrons. The number of hydrogen-bond acceptors (Lipinski definition) is 6. The van der Waals surface area contributed by atoms with Crippen LogP contribution in [0.1, 0.15) is 16.7 Å². The van der Waals surface area contributed by atoms with Crippen LogP contribution in [-0.2, 0) is 0 Å². The van der Waals surface area contributed by atoms with E-state index in [1.54, 1.807) is 7.05 Å². The van der Waals surface area contributed by atoms with Gasteiger partial charge < -0.3 is 14.8 Å². The molecule has 20 heavy (non-hydrogen) atoms. The topological polar surface area (TPSA) is 69.2 Å². The highest BCUT2D eigenvalue weighted by molar-refractivity contribution is 5.43. The van der Waals surface area contributed by atoms with Gasteiger partial charge in [0, 0.05) is 7.05 Å². The molecular weight excluding hydrogens is 256 g/mol. The number of hydrogen-bond donors (Lipinski definition) is 1. The standard InChI is InChI=1S/C14H18N4O2/c1-8-6-9(2)10(3)11(7-8)20-14-17-12(15-4)16-13(18-14)19-5/h6-7H,1-5H3,(H,15,16,17,18). The second kappa shape index (κ2) is 5.73. The van der Waals surface area contributed by atoms with Crippen molar-refractivity contribution in [3.8, 4) is 17.8 Å². The van der Waals surface area contributed by atoms with E-state index in [0.29, 0.717) is 5.95 Å². The molecule has 0 fully saturated rings. The number of ether oxygens (including phenoxy) is 2. The van der Waals surface area contributed by atoms with Gasteiger partial charge in [-0.1, -0.05) is 6.07 Å². The first-order valence-electron chi connectivity index (χ1n) is 6.27. The molecule has 0 bridgehead atoms. The van der Waals surface area contributed by atoms with Crippen molar-refractivity contribution in [2.24, 2.45) is 0 Å². The van der Waals surface area contributed by atoms with E-state index in [-0.39, 0.29) is 12.0 Å². The van der Waals surface area contributed by atoms with E-state index in [1.165, 1.54) is 7.11 Å². The van der Waals surface area contributed by atoms with Gasteiger partial charge in [-0.15, -0.1) is 4.98 Å². The van der Waals surface area contributed by atoms with Crippen molar-refractivity contribution in [2.45, 2.75) is 20.8 Å². The average Bonchev–Trinajstić information content (AvgIpc) is 2.43. The zero-order valence-electron chi connectivity index (χ0n) is 12.3. The molecule has 0 amide bonds. The number of nitrogens with zero attached hydrogens (tertiary/aromatic N) is 3. The molecule has 6 heteroatoms. The number of aryl methyl sites for hydroxylation is 2.